The van der Waals surface area contributed by atoms with Gasteiger partial charge in [0.25, 0.3) is 0 Å². The molecule has 2 rings (SSSR count). The summed E-state index contributed by atoms with van der Waals surface area (Å²) < 4.78 is 23.2. The van der Waals surface area contributed by atoms with Gasteiger partial charge < -0.3 is 23.9 Å². The summed E-state index contributed by atoms with van der Waals surface area (Å²) in [5.74, 6) is -1.65. The second kappa shape index (κ2) is 7.58. The average Bonchev–Trinajstić information content (AvgIpc) is 3.01. The molecule has 0 aliphatic carbocycles. The molecule has 9 nitrogen and oxygen atoms in total. The Morgan fingerprint density at radius 1 is 1.17 bits per heavy atom. The van der Waals surface area contributed by atoms with Gasteiger partial charge in [-0.1, -0.05) is 0 Å². The van der Waals surface area contributed by atoms with Crippen LogP contribution in [-0.4, -0.2) is 52.4 Å². The zero-order valence-corrected chi connectivity index (χ0v) is 14.2. The van der Waals surface area contributed by atoms with Crippen molar-refractivity contribution in [3.63, 3.8) is 0 Å². The van der Waals surface area contributed by atoms with E-state index >= 15 is 0 Å². The molecule has 0 radical (unpaired) electrons. The molecule has 0 amide bonds. The summed E-state index contributed by atoms with van der Waals surface area (Å²) in [4.78, 5) is 36.7. The highest BCUT2D eigenvalue weighted by Crippen LogP contribution is 2.34. The minimum atomic E-state index is -0.937. The molecule has 0 spiro atoms. The van der Waals surface area contributed by atoms with Crippen molar-refractivity contribution in [2.45, 2.75) is 45.3 Å². The highest BCUT2D eigenvalue weighted by atomic mass is 32.1. The van der Waals surface area contributed by atoms with E-state index in [0.29, 0.717) is 4.77 Å². The Morgan fingerprint density at radius 3 is 2.29 bits per heavy atom. The minimum Gasteiger partial charge on any atom is -0.463 e. The van der Waals surface area contributed by atoms with Crippen molar-refractivity contribution in [3.05, 3.63) is 17.2 Å². The summed E-state index contributed by atoms with van der Waals surface area (Å²) in [6.45, 7) is 3.55. The van der Waals surface area contributed by atoms with Crippen molar-refractivity contribution >= 4 is 30.1 Å². The first-order chi connectivity index (χ1) is 11.3. The molecule has 1 fully saturated rings. The lowest BCUT2D eigenvalue weighted by atomic mass is 10.1. The van der Waals surface area contributed by atoms with Gasteiger partial charge in [0.1, 0.15) is 12.7 Å². The van der Waals surface area contributed by atoms with Crippen LogP contribution < -0.4 is 0 Å². The van der Waals surface area contributed by atoms with Gasteiger partial charge in [-0.3, -0.25) is 19.0 Å². The highest BCUT2D eigenvalue weighted by molar-refractivity contribution is 7.71. The first kappa shape index (κ1) is 18.1. The van der Waals surface area contributed by atoms with Gasteiger partial charge in [0.05, 0.1) is 0 Å². The first-order valence-corrected chi connectivity index (χ1v) is 7.59. The number of imidazole rings is 1. The van der Waals surface area contributed by atoms with Crippen LogP contribution in [0.3, 0.4) is 0 Å². The van der Waals surface area contributed by atoms with Crippen molar-refractivity contribution in [2.24, 2.45) is 0 Å². The van der Waals surface area contributed by atoms with E-state index in [1.807, 2.05) is 0 Å². The molecule has 1 N–H and O–H groups in total. The van der Waals surface area contributed by atoms with E-state index < -0.39 is 42.4 Å². The second-order valence-electron chi connectivity index (χ2n) is 5.19. The number of carbonyl (C=O) groups is 3. The molecule has 10 heteroatoms. The molecule has 0 saturated carbocycles. The molecule has 1 aromatic heterocycles. The fourth-order valence-corrected chi connectivity index (χ4v) is 2.68. The number of hydrogen-bond acceptors (Lipinski definition) is 8. The number of carbonyl (C=O) groups excluding carboxylic acids is 3. The average molecular weight is 358 g/mol. The number of ether oxygens (including phenoxy) is 4. The SMILES string of the molecule is CC(=O)OCC1OC(n2cc[nH]c2=S)C(OC(C)=O)C1OC(C)=O. The molecule has 1 aliphatic heterocycles. The van der Waals surface area contributed by atoms with Crippen LogP contribution in [0, 0.1) is 4.77 Å². The van der Waals surface area contributed by atoms with Gasteiger partial charge in [0, 0.05) is 33.2 Å². The van der Waals surface area contributed by atoms with Crippen molar-refractivity contribution in [1.82, 2.24) is 9.55 Å². The smallest absolute Gasteiger partial charge is 0.303 e. The Bertz CT molecular complexity index is 683. The highest BCUT2D eigenvalue weighted by Gasteiger charge is 2.50. The molecule has 0 bridgehead atoms. The Labute approximate surface area is 142 Å². The fraction of sp³-hybridized carbons (Fsp3) is 0.571. The zero-order chi connectivity index (χ0) is 17.9. The molecule has 132 valence electrons. The van der Waals surface area contributed by atoms with Crippen LogP contribution in [0.2, 0.25) is 0 Å². The molecule has 4 unspecified atom stereocenters. The van der Waals surface area contributed by atoms with Gasteiger partial charge in [-0.25, -0.2) is 0 Å². The Morgan fingerprint density at radius 2 is 1.79 bits per heavy atom. The number of esters is 3. The molecule has 4 atom stereocenters. The maximum atomic E-state index is 11.5. The summed E-state index contributed by atoms with van der Waals surface area (Å²) in [6.07, 6.45) is -0.289. The molecule has 24 heavy (non-hydrogen) atoms. The summed E-state index contributed by atoms with van der Waals surface area (Å²) >= 11 is 5.15. The van der Waals surface area contributed by atoms with Gasteiger partial charge in [-0.05, 0) is 12.2 Å². The minimum absolute atomic E-state index is 0.153. The number of nitrogens with one attached hydrogen (secondary N) is 1. The predicted octanol–water partition coefficient (Wildman–Crippen LogP) is 0.870. The van der Waals surface area contributed by atoms with E-state index in [0.717, 1.165) is 0 Å². The number of rotatable bonds is 5. The van der Waals surface area contributed by atoms with Gasteiger partial charge in [0.2, 0.25) is 0 Å². The Kier molecular flexibility index (Phi) is 5.73. The fourth-order valence-electron chi connectivity index (χ4n) is 2.45. The van der Waals surface area contributed by atoms with E-state index in [4.69, 9.17) is 31.2 Å². The third-order valence-electron chi connectivity index (χ3n) is 3.29. The largest absolute Gasteiger partial charge is 0.463 e. The lowest BCUT2D eigenvalue weighted by Gasteiger charge is -2.23. The number of aromatic amines is 1. The normalized spacial score (nSPS) is 26.0. The third-order valence-corrected chi connectivity index (χ3v) is 3.62. The van der Waals surface area contributed by atoms with E-state index in [9.17, 15) is 14.4 Å². The van der Waals surface area contributed by atoms with Crippen molar-refractivity contribution < 1.29 is 33.3 Å². The maximum Gasteiger partial charge on any atom is 0.303 e. The molecular weight excluding hydrogens is 340 g/mol. The van der Waals surface area contributed by atoms with E-state index in [2.05, 4.69) is 4.98 Å². The molecule has 0 aromatic carbocycles. The molecule has 1 aromatic rings. The van der Waals surface area contributed by atoms with Crippen LogP contribution in [0.1, 0.15) is 27.0 Å². The van der Waals surface area contributed by atoms with Crippen molar-refractivity contribution in [2.75, 3.05) is 6.61 Å². The van der Waals surface area contributed by atoms with E-state index in [1.165, 1.54) is 25.3 Å². The Hall–Kier alpha value is -2.20. The number of H-pyrrole nitrogens is 1. The van der Waals surface area contributed by atoms with Crippen molar-refractivity contribution in [3.8, 4) is 0 Å². The van der Waals surface area contributed by atoms with Crippen LogP contribution in [0.25, 0.3) is 0 Å². The number of aromatic nitrogens is 2. The van der Waals surface area contributed by atoms with E-state index in [-0.39, 0.29) is 6.61 Å². The monoisotopic (exact) mass is 358 g/mol. The lowest BCUT2D eigenvalue weighted by molar-refractivity contribution is -0.166. The van der Waals surface area contributed by atoms with Crippen LogP contribution in [0.15, 0.2) is 12.4 Å². The zero-order valence-electron chi connectivity index (χ0n) is 13.4. The summed E-state index contributed by atoms with van der Waals surface area (Å²) in [6, 6.07) is 0. The first-order valence-electron chi connectivity index (χ1n) is 7.18. The van der Waals surface area contributed by atoms with Gasteiger partial charge in [0.15, 0.2) is 23.2 Å². The predicted molar refractivity (Wildman–Crippen MR) is 81.3 cm³/mol. The van der Waals surface area contributed by atoms with Crippen LogP contribution in [0.5, 0.6) is 0 Å². The van der Waals surface area contributed by atoms with Gasteiger partial charge in [-0.2, -0.15) is 0 Å². The topological polar surface area (TPSA) is 109 Å². The van der Waals surface area contributed by atoms with E-state index in [1.54, 1.807) is 12.4 Å². The number of hydrogen-bond donors (Lipinski definition) is 1. The van der Waals surface area contributed by atoms with Crippen LogP contribution in [0.4, 0.5) is 0 Å². The van der Waals surface area contributed by atoms with Crippen LogP contribution in [-0.2, 0) is 33.3 Å². The van der Waals surface area contributed by atoms with Gasteiger partial charge >= 0.3 is 17.9 Å². The quantitative estimate of drug-likeness (QED) is 0.469. The number of nitrogens with zero attached hydrogens (tertiary/aromatic N) is 1. The molecule has 1 aliphatic rings. The maximum absolute atomic E-state index is 11.5. The van der Waals surface area contributed by atoms with Gasteiger partial charge in [-0.15, -0.1) is 0 Å². The Balaban J connectivity index is 2.33. The summed E-state index contributed by atoms with van der Waals surface area (Å²) in [5.41, 5.74) is 0. The third kappa shape index (κ3) is 4.20. The second-order valence-corrected chi connectivity index (χ2v) is 5.57. The standard InChI is InChI=1S/C14H18N2O7S/c1-7(17)20-6-10-11(21-8(2)18)12(22-9(3)19)13(23-10)16-5-4-15-14(16)24/h4-5,10-13H,6H2,1-3H3,(H,15,24). The summed E-state index contributed by atoms with van der Waals surface area (Å²) in [7, 11) is 0. The van der Waals surface area contributed by atoms with Crippen molar-refractivity contribution in [1.29, 1.82) is 0 Å². The molecule has 1 saturated heterocycles. The molecular formula is C14H18N2O7S. The molecule has 2 heterocycles. The lowest BCUT2D eigenvalue weighted by Crippen LogP contribution is -2.40. The summed E-state index contributed by atoms with van der Waals surface area (Å²) in [5, 5.41) is 0. The van der Waals surface area contributed by atoms with Crippen LogP contribution >= 0.6 is 12.2 Å².